The lowest BCUT2D eigenvalue weighted by atomic mass is 9.67. The molecule has 1 aliphatic heterocycles. The van der Waals surface area contributed by atoms with Crippen LogP contribution in [0.4, 0.5) is 5.69 Å². The number of anilines is 1. The van der Waals surface area contributed by atoms with Crippen molar-refractivity contribution in [3.63, 3.8) is 0 Å². The van der Waals surface area contributed by atoms with E-state index in [1.165, 1.54) is 36.9 Å². The van der Waals surface area contributed by atoms with E-state index in [1.807, 2.05) is 13.1 Å². The highest BCUT2D eigenvalue weighted by atomic mass is 35.5. The molecule has 5 nitrogen and oxygen atoms in total. The fourth-order valence-corrected chi connectivity index (χ4v) is 4.55. The molecule has 1 saturated carbocycles. The van der Waals surface area contributed by atoms with Crippen LogP contribution in [0.2, 0.25) is 5.02 Å². The van der Waals surface area contributed by atoms with E-state index in [-0.39, 0.29) is 0 Å². The Morgan fingerprint density at radius 3 is 2.86 bits per heavy atom. The Hall–Kier alpha value is -1.46. The number of nitrogens with zero attached hydrogens (tertiary/aromatic N) is 2. The van der Waals surface area contributed by atoms with Crippen molar-refractivity contribution >= 4 is 23.2 Å². The van der Waals surface area contributed by atoms with Crippen molar-refractivity contribution < 1.29 is 4.74 Å². The van der Waals surface area contributed by atoms with Crippen molar-refractivity contribution in [1.82, 2.24) is 10.6 Å². The number of guanidine groups is 1. The average Bonchev–Trinajstić information content (AvgIpc) is 3.13. The maximum Gasteiger partial charge on any atom is 0.191 e. The van der Waals surface area contributed by atoms with E-state index in [1.54, 1.807) is 7.11 Å². The number of rotatable bonds is 8. The third-order valence-corrected chi connectivity index (χ3v) is 6.70. The van der Waals surface area contributed by atoms with Gasteiger partial charge in [-0.25, -0.2) is 0 Å². The van der Waals surface area contributed by atoms with Crippen molar-refractivity contribution in [3.05, 3.63) is 28.8 Å². The van der Waals surface area contributed by atoms with E-state index in [2.05, 4.69) is 39.6 Å². The molecule has 2 aliphatic rings. The Bertz CT molecular complexity index is 675. The molecule has 1 aromatic carbocycles. The molecule has 1 atom stereocenters. The maximum absolute atomic E-state index is 6.20. The van der Waals surface area contributed by atoms with Gasteiger partial charge >= 0.3 is 0 Å². The SMILES string of the molecule is CN=C(NCC1CCN(c2cc(Cl)ccc2C)C1)NCC1(CCOC)CCC1. The van der Waals surface area contributed by atoms with Crippen molar-refractivity contribution in [1.29, 1.82) is 0 Å². The fraction of sp³-hybridized carbons (Fsp3) is 0.682. The Balaban J connectivity index is 1.45. The zero-order valence-corrected chi connectivity index (χ0v) is 18.3. The summed E-state index contributed by atoms with van der Waals surface area (Å²) in [5.41, 5.74) is 2.95. The summed E-state index contributed by atoms with van der Waals surface area (Å²) in [6.07, 6.45) is 6.23. The minimum absolute atomic E-state index is 0.391. The van der Waals surface area contributed by atoms with Crippen LogP contribution < -0.4 is 15.5 Å². The highest BCUT2D eigenvalue weighted by Crippen LogP contribution is 2.43. The van der Waals surface area contributed by atoms with Crippen molar-refractivity contribution in [3.8, 4) is 0 Å². The molecule has 1 aliphatic carbocycles. The number of ether oxygens (including phenoxy) is 1. The first-order valence-corrected chi connectivity index (χ1v) is 10.9. The highest BCUT2D eigenvalue weighted by Gasteiger charge is 2.36. The molecule has 0 spiro atoms. The Kier molecular flexibility index (Phi) is 7.47. The predicted molar refractivity (Wildman–Crippen MR) is 119 cm³/mol. The summed E-state index contributed by atoms with van der Waals surface area (Å²) in [5.74, 6) is 1.53. The molecule has 0 radical (unpaired) electrons. The lowest BCUT2D eigenvalue weighted by molar-refractivity contribution is 0.0732. The van der Waals surface area contributed by atoms with Crippen LogP contribution in [0, 0.1) is 18.3 Å². The monoisotopic (exact) mass is 406 g/mol. The van der Waals surface area contributed by atoms with Gasteiger partial charge in [-0.3, -0.25) is 4.99 Å². The second-order valence-corrected chi connectivity index (χ2v) is 8.87. The van der Waals surface area contributed by atoms with Crippen LogP contribution >= 0.6 is 11.6 Å². The van der Waals surface area contributed by atoms with E-state index >= 15 is 0 Å². The van der Waals surface area contributed by atoms with Crippen LogP contribution in [-0.4, -0.2) is 52.9 Å². The minimum atomic E-state index is 0.391. The van der Waals surface area contributed by atoms with Crippen molar-refractivity contribution in [2.24, 2.45) is 16.3 Å². The van der Waals surface area contributed by atoms with E-state index in [9.17, 15) is 0 Å². The van der Waals surface area contributed by atoms with Crippen LogP contribution in [0.1, 0.15) is 37.7 Å². The zero-order valence-electron chi connectivity index (χ0n) is 17.6. The normalized spacial score (nSPS) is 21.5. The van der Waals surface area contributed by atoms with Gasteiger partial charge in [0.1, 0.15) is 0 Å². The van der Waals surface area contributed by atoms with Gasteiger partial charge in [-0.15, -0.1) is 0 Å². The number of methoxy groups -OCH3 is 1. The predicted octanol–water partition coefficient (Wildman–Crippen LogP) is 3.85. The first-order chi connectivity index (χ1) is 13.5. The van der Waals surface area contributed by atoms with Gasteiger partial charge in [0.25, 0.3) is 0 Å². The first-order valence-electron chi connectivity index (χ1n) is 10.5. The number of aliphatic imine (C=N–C) groups is 1. The van der Waals surface area contributed by atoms with Gasteiger partial charge in [-0.1, -0.05) is 24.1 Å². The van der Waals surface area contributed by atoms with Crippen LogP contribution in [0.25, 0.3) is 0 Å². The van der Waals surface area contributed by atoms with E-state index < -0.39 is 0 Å². The number of benzene rings is 1. The van der Waals surface area contributed by atoms with Gasteiger partial charge in [-0.05, 0) is 61.6 Å². The highest BCUT2D eigenvalue weighted by molar-refractivity contribution is 6.30. The standard InChI is InChI=1S/C22H35ClN4O/c1-17-5-6-19(23)13-20(17)27-11-7-18(15-27)14-25-21(24-2)26-16-22(8-4-9-22)10-12-28-3/h5-6,13,18H,4,7-12,14-16H2,1-3H3,(H2,24,25,26). The molecule has 3 rings (SSSR count). The molecule has 2 N–H and O–H groups in total. The molecule has 0 amide bonds. The second-order valence-electron chi connectivity index (χ2n) is 8.43. The summed E-state index contributed by atoms with van der Waals surface area (Å²) in [4.78, 5) is 6.88. The van der Waals surface area contributed by atoms with E-state index in [0.29, 0.717) is 11.3 Å². The number of hydrogen-bond acceptors (Lipinski definition) is 3. The summed E-state index contributed by atoms with van der Waals surface area (Å²) in [6, 6.07) is 6.16. The molecule has 1 unspecified atom stereocenters. The van der Waals surface area contributed by atoms with E-state index in [0.717, 1.165) is 50.2 Å². The number of halogens is 1. The lowest BCUT2D eigenvalue weighted by Crippen LogP contribution is -2.47. The maximum atomic E-state index is 6.20. The first kappa shape index (κ1) is 21.3. The molecule has 156 valence electrons. The number of aryl methyl sites for hydroxylation is 1. The van der Waals surface area contributed by atoms with Crippen LogP contribution in [-0.2, 0) is 4.74 Å². The van der Waals surface area contributed by atoms with Crippen LogP contribution in [0.3, 0.4) is 0 Å². The van der Waals surface area contributed by atoms with Gasteiger partial charge in [0, 0.05) is 57.7 Å². The summed E-state index contributed by atoms with van der Waals surface area (Å²) in [7, 11) is 3.64. The number of nitrogens with one attached hydrogen (secondary N) is 2. The Morgan fingerprint density at radius 2 is 2.18 bits per heavy atom. The van der Waals surface area contributed by atoms with Gasteiger partial charge in [-0.2, -0.15) is 0 Å². The molecule has 6 heteroatoms. The smallest absolute Gasteiger partial charge is 0.191 e. The molecule has 1 heterocycles. The van der Waals surface area contributed by atoms with Gasteiger partial charge in [0.15, 0.2) is 5.96 Å². The molecule has 1 saturated heterocycles. The van der Waals surface area contributed by atoms with Crippen molar-refractivity contribution in [2.45, 2.75) is 39.0 Å². The summed E-state index contributed by atoms with van der Waals surface area (Å²) in [6.45, 7) is 7.06. The quantitative estimate of drug-likeness (QED) is 0.508. The fourth-order valence-electron chi connectivity index (χ4n) is 4.38. The van der Waals surface area contributed by atoms with Crippen LogP contribution in [0.15, 0.2) is 23.2 Å². The number of hydrogen-bond donors (Lipinski definition) is 2. The topological polar surface area (TPSA) is 48.9 Å². The second kappa shape index (κ2) is 9.84. The summed E-state index contributed by atoms with van der Waals surface area (Å²) >= 11 is 6.20. The third-order valence-electron chi connectivity index (χ3n) is 6.46. The molecule has 0 aromatic heterocycles. The van der Waals surface area contributed by atoms with Crippen LogP contribution in [0.5, 0.6) is 0 Å². The van der Waals surface area contributed by atoms with Crippen molar-refractivity contribution in [2.75, 3.05) is 51.8 Å². The largest absolute Gasteiger partial charge is 0.385 e. The molecule has 1 aromatic rings. The average molecular weight is 407 g/mol. The molecule has 2 fully saturated rings. The molecule has 28 heavy (non-hydrogen) atoms. The zero-order chi connectivity index (χ0) is 20.0. The summed E-state index contributed by atoms with van der Waals surface area (Å²) < 4.78 is 5.30. The van der Waals surface area contributed by atoms with Gasteiger partial charge in [0.05, 0.1) is 0 Å². The Morgan fingerprint density at radius 1 is 1.36 bits per heavy atom. The molecular formula is C22H35ClN4O. The molecule has 0 bridgehead atoms. The third kappa shape index (κ3) is 5.32. The Labute approximate surface area is 174 Å². The minimum Gasteiger partial charge on any atom is -0.385 e. The van der Waals surface area contributed by atoms with Gasteiger partial charge in [0.2, 0.25) is 0 Å². The van der Waals surface area contributed by atoms with E-state index in [4.69, 9.17) is 16.3 Å². The molecular weight excluding hydrogens is 372 g/mol. The summed E-state index contributed by atoms with van der Waals surface area (Å²) in [5, 5.41) is 7.91. The lowest BCUT2D eigenvalue weighted by Gasteiger charge is -2.42. The van der Waals surface area contributed by atoms with Gasteiger partial charge < -0.3 is 20.3 Å².